The number of carbonyl (C=O) groups is 2. The summed E-state index contributed by atoms with van der Waals surface area (Å²) in [5.41, 5.74) is 7.41. The first-order valence-electron chi connectivity index (χ1n) is 8.74. The van der Waals surface area contributed by atoms with Gasteiger partial charge in [0.2, 0.25) is 11.8 Å². The summed E-state index contributed by atoms with van der Waals surface area (Å²) in [4.78, 5) is 26.1. The summed E-state index contributed by atoms with van der Waals surface area (Å²) in [5, 5.41) is 6.01. The van der Waals surface area contributed by atoms with Gasteiger partial charge < -0.3 is 21.3 Å². The second-order valence-corrected chi connectivity index (χ2v) is 6.67. The minimum Gasteiger partial charge on any atom is -0.354 e. The molecule has 6 nitrogen and oxygen atoms in total. The molecule has 2 fully saturated rings. The zero-order valence-electron chi connectivity index (χ0n) is 13.9. The van der Waals surface area contributed by atoms with Crippen LogP contribution in [0.2, 0.25) is 0 Å². The average Bonchev–Trinajstić information content (AvgIpc) is 3.25. The van der Waals surface area contributed by atoms with Crippen LogP contribution >= 0.6 is 0 Å². The van der Waals surface area contributed by atoms with E-state index in [1.807, 2.05) is 23.1 Å². The Morgan fingerprint density at radius 1 is 1.25 bits per heavy atom. The predicted molar refractivity (Wildman–Crippen MR) is 92.4 cm³/mol. The van der Waals surface area contributed by atoms with Gasteiger partial charge in [0.15, 0.2) is 0 Å². The first-order valence-corrected chi connectivity index (χ1v) is 8.74. The van der Waals surface area contributed by atoms with Gasteiger partial charge in [-0.1, -0.05) is 30.3 Å². The highest BCUT2D eigenvalue weighted by Gasteiger charge is 2.33. The Kier molecular flexibility index (Phi) is 5.48. The van der Waals surface area contributed by atoms with Crippen LogP contribution in [0.25, 0.3) is 0 Å². The van der Waals surface area contributed by atoms with E-state index in [0.717, 1.165) is 19.4 Å². The third-order valence-corrected chi connectivity index (χ3v) is 4.96. The van der Waals surface area contributed by atoms with Crippen molar-refractivity contribution in [2.45, 2.75) is 37.3 Å². The minimum atomic E-state index is -0.0947. The third kappa shape index (κ3) is 3.94. The van der Waals surface area contributed by atoms with Gasteiger partial charge in [-0.15, -0.1) is 0 Å². The van der Waals surface area contributed by atoms with E-state index in [1.54, 1.807) is 0 Å². The molecule has 130 valence electrons. The number of amides is 2. The second-order valence-electron chi connectivity index (χ2n) is 6.67. The number of likely N-dealkylation sites (tertiary alicyclic amines) is 1. The van der Waals surface area contributed by atoms with Gasteiger partial charge in [-0.05, 0) is 24.9 Å². The third-order valence-electron chi connectivity index (χ3n) is 4.96. The lowest BCUT2D eigenvalue weighted by Crippen LogP contribution is -2.42. The highest BCUT2D eigenvalue weighted by atomic mass is 16.2. The van der Waals surface area contributed by atoms with Crippen LogP contribution in [0, 0.1) is 0 Å². The molecule has 3 atom stereocenters. The summed E-state index contributed by atoms with van der Waals surface area (Å²) >= 11 is 0. The molecule has 2 heterocycles. The summed E-state index contributed by atoms with van der Waals surface area (Å²) in [6.07, 6.45) is 2.23. The molecule has 0 saturated carbocycles. The molecule has 2 saturated heterocycles. The standard InChI is InChI=1S/C18H26N4O2/c19-15-12-22(11-14(15)13-5-2-1-3-6-13)17(23)8-10-21-18(24)16-7-4-9-20-16/h1-3,5-6,14-16,20H,4,7-12,19H2,(H,21,24)/t14-,15+,16?/m0/s1. The van der Waals surface area contributed by atoms with E-state index in [-0.39, 0.29) is 29.8 Å². The fourth-order valence-corrected chi connectivity index (χ4v) is 3.57. The van der Waals surface area contributed by atoms with E-state index in [0.29, 0.717) is 26.1 Å². The Morgan fingerprint density at radius 2 is 2.04 bits per heavy atom. The number of carbonyl (C=O) groups excluding carboxylic acids is 2. The first kappa shape index (κ1) is 16.9. The monoisotopic (exact) mass is 330 g/mol. The predicted octanol–water partition coefficient (Wildman–Crippen LogP) is 0.198. The van der Waals surface area contributed by atoms with E-state index in [4.69, 9.17) is 5.73 Å². The Balaban J connectivity index is 1.45. The van der Waals surface area contributed by atoms with Crippen molar-refractivity contribution in [2.75, 3.05) is 26.2 Å². The smallest absolute Gasteiger partial charge is 0.237 e. The molecule has 1 aromatic rings. The van der Waals surface area contributed by atoms with Crippen LogP contribution in [-0.4, -0.2) is 55.0 Å². The van der Waals surface area contributed by atoms with Gasteiger partial charge in [0.1, 0.15) is 0 Å². The van der Waals surface area contributed by atoms with Gasteiger partial charge in [-0.3, -0.25) is 9.59 Å². The van der Waals surface area contributed by atoms with Crippen molar-refractivity contribution in [3.8, 4) is 0 Å². The molecule has 0 spiro atoms. The van der Waals surface area contributed by atoms with Crippen LogP contribution < -0.4 is 16.4 Å². The highest BCUT2D eigenvalue weighted by molar-refractivity contribution is 5.83. The number of hydrogen-bond acceptors (Lipinski definition) is 4. The normalized spacial score (nSPS) is 26.5. The molecule has 1 aromatic carbocycles. The lowest BCUT2D eigenvalue weighted by atomic mass is 9.95. The van der Waals surface area contributed by atoms with Crippen LogP contribution in [0.15, 0.2) is 30.3 Å². The molecule has 0 aromatic heterocycles. The molecule has 0 radical (unpaired) electrons. The summed E-state index contributed by atoms with van der Waals surface area (Å²) < 4.78 is 0. The first-order chi connectivity index (χ1) is 11.6. The summed E-state index contributed by atoms with van der Waals surface area (Å²) in [5.74, 6) is 0.247. The van der Waals surface area contributed by atoms with Crippen molar-refractivity contribution in [3.05, 3.63) is 35.9 Å². The average molecular weight is 330 g/mol. The van der Waals surface area contributed by atoms with Gasteiger partial charge in [-0.2, -0.15) is 0 Å². The number of nitrogens with zero attached hydrogens (tertiary/aromatic N) is 1. The van der Waals surface area contributed by atoms with Crippen molar-refractivity contribution in [3.63, 3.8) is 0 Å². The van der Waals surface area contributed by atoms with Gasteiger partial charge in [-0.25, -0.2) is 0 Å². The number of hydrogen-bond donors (Lipinski definition) is 3. The second kappa shape index (κ2) is 7.77. The Hall–Kier alpha value is -1.92. The van der Waals surface area contributed by atoms with Crippen molar-refractivity contribution in [1.82, 2.24) is 15.5 Å². The fourth-order valence-electron chi connectivity index (χ4n) is 3.57. The number of rotatable bonds is 5. The zero-order chi connectivity index (χ0) is 16.9. The molecule has 24 heavy (non-hydrogen) atoms. The molecule has 1 unspecified atom stereocenters. The van der Waals surface area contributed by atoms with Crippen molar-refractivity contribution < 1.29 is 9.59 Å². The molecular weight excluding hydrogens is 304 g/mol. The molecule has 2 aliphatic rings. The van der Waals surface area contributed by atoms with Gasteiger partial charge in [0.05, 0.1) is 6.04 Å². The van der Waals surface area contributed by atoms with Crippen molar-refractivity contribution in [1.29, 1.82) is 0 Å². The Bertz CT molecular complexity index is 572. The van der Waals surface area contributed by atoms with Crippen LogP contribution in [0.4, 0.5) is 0 Å². The van der Waals surface area contributed by atoms with Gasteiger partial charge >= 0.3 is 0 Å². The quantitative estimate of drug-likeness (QED) is 0.720. The van der Waals surface area contributed by atoms with Crippen molar-refractivity contribution in [2.24, 2.45) is 5.73 Å². The molecular formula is C18H26N4O2. The van der Waals surface area contributed by atoms with Crippen molar-refractivity contribution >= 4 is 11.8 Å². The Morgan fingerprint density at radius 3 is 2.75 bits per heavy atom. The maximum atomic E-state index is 12.4. The number of nitrogens with two attached hydrogens (primary N) is 1. The summed E-state index contributed by atoms with van der Waals surface area (Å²) in [7, 11) is 0. The topological polar surface area (TPSA) is 87.5 Å². The van der Waals surface area contributed by atoms with Crippen LogP contribution in [-0.2, 0) is 9.59 Å². The minimum absolute atomic E-state index is 0.000542. The molecule has 0 bridgehead atoms. The van der Waals surface area contributed by atoms with Crippen LogP contribution in [0.3, 0.4) is 0 Å². The molecule has 2 amide bonds. The van der Waals surface area contributed by atoms with E-state index in [2.05, 4.69) is 22.8 Å². The number of benzene rings is 1. The lowest BCUT2D eigenvalue weighted by Gasteiger charge is -2.17. The zero-order valence-corrected chi connectivity index (χ0v) is 13.9. The van der Waals surface area contributed by atoms with E-state index in [9.17, 15) is 9.59 Å². The molecule has 2 aliphatic heterocycles. The summed E-state index contributed by atoms with van der Waals surface area (Å²) in [6.45, 7) is 2.51. The SMILES string of the molecule is N[C@@H]1CN(C(=O)CCNC(=O)C2CCCN2)C[C@H]1c1ccccc1. The fraction of sp³-hybridized carbons (Fsp3) is 0.556. The Labute approximate surface area is 142 Å². The van der Waals surface area contributed by atoms with E-state index >= 15 is 0 Å². The van der Waals surface area contributed by atoms with Gasteiger partial charge in [0, 0.05) is 38.0 Å². The molecule has 0 aliphatic carbocycles. The lowest BCUT2D eigenvalue weighted by molar-refractivity contribution is -0.130. The highest BCUT2D eigenvalue weighted by Crippen LogP contribution is 2.26. The number of nitrogens with one attached hydrogen (secondary N) is 2. The van der Waals surface area contributed by atoms with Crippen LogP contribution in [0.5, 0.6) is 0 Å². The maximum absolute atomic E-state index is 12.4. The van der Waals surface area contributed by atoms with E-state index in [1.165, 1.54) is 5.56 Å². The maximum Gasteiger partial charge on any atom is 0.237 e. The van der Waals surface area contributed by atoms with Crippen LogP contribution in [0.1, 0.15) is 30.7 Å². The molecule has 3 rings (SSSR count). The van der Waals surface area contributed by atoms with Gasteiger partial charge in [0.25, 0.3) is 0 Å². The molecule has 4 N–H and O–H groups in total. The molecule has 6 heteroatoms. The largest absolute Gasteiger partial charge is 0.354 e. The van der Waals surface area contributed by atoms with E-state index < -0.39 is 0 Å². The summed E-state index contributed by atoms with van der Waals surface area (Å²) in [6, 6.07) is 9.98.